The summed E-state index contributed by atoms with van der Waals surface area (Å²) in [5.74, 6) is -1.38. The number of aromatic nitrogens is 1. The fourth-order valence-electron chi connectivity index (χ4n) is 2.90. The van der Waals surface area contributed by atoms with Crippen LogP contribution in [0.3, 0.4) is 0 Å². The number of anilines is 2. The molecule has 0 spiro atoms. The molecule has 2 rings (SSSR count). The third-order valence-electron chi connectivity index (χ3n) is 4.22. The van der Waals surface area contributed by atoms with E-state index in [0.717, 1.165) is 6.26 Å². The van der Waals surface area contributed by atoms with Crippen molar-refractivity contribution in [3.05, 3.63) is 46.3 Å². The molecule has 0 saturated heterocycles. The molecular formula is C19H23N3O6S. The Balaban J connectivity index is 2.28. The summed E-state index contributed by atoms with van der Waals surface area (Å²) < 4.78 is 30.1. The van der Waals surface area contributed by atoms with Crippen molar-refractivity contribution in [3.63, 3.8) is 0 Å². The number of sulfonamides is 1. The molecule has 0 aliphatic heterocycles. The Morgan fingerprint density at radius 3 is 2.38 bits per heavy atom. The summed E-state index contributed by atoms with van der Waals surface area (Å²) in [4.78, 5) is 39.2. The number of amides is 1. The molecule has 1 amide bonds. The van der Waals surface area contributed by atoms with E-state index in [0.29, 0.717) is 22.5 Å². The second-order valence-electron chi connectivity index (χ2n) is 6.66. The lowest BCUT2D eigenvalue weighted by Crippen LogP contribution is -2.17. The highest BCUT2D eigenvalue weighted by Gasteiger charge is 2.24. The van der Waals surface area contributed by atoms with Crippen LogP contribution in [-0.2, 0) is 26.0 Å². The van der Waals surface area contributed by atoms with Gasteiger partial charge in [-0.3, -0.25) is 14.3 Å². The van der Waals surface area contributed by atoms with Gasteiger partial charge in [0, 0.05) is 18.3 Å². The summed E-state index contributed by atoms with van der Waals surface area (Å²) in [6.07, 6.45) is 0.827. The Morgan fingerprint density at radius 1 is 1.17 bits per heavy atom. The molecule has 156 valence electrons. The first-order chi connectivity index (χ1) is 13.4. The Labute approximate surface area is 168 Å². The summed E-state index contributed by atoms with van der Waals surface area (Å²) in [5, 5.41) is 2.66. The van der Waals surface area contributed by atoms with Gasteiger partial charge in [-0.15, -0.1) is 0 Å². The van der Waals surface area contributed by atoms with Crippen LogP contribution in [0, 0.1) is 13.8 Å². The number of nitrogens with one attached hydrogen (secondary N) is 3. The Bertz CT molecular complexity index is 1090. The van der Waals surface area contributed by atoms with E-state index in [2.05, 4.69) is 15.0 Å². The number of ketones is 1. The first-order valence-corrected chi connectivity index (χ1v) is 10.5. The molecule has 2 aromatic rings. The van der Waals surface area contributed by atoms with Gasteiger partial charge in [0.05, 0.1) is 36.7 Å². The van der Waals surface area contributed by atoms with Crippen LogP contribution in [-0.4, -0.2) is 44.4 Å². The van der Waals surface area contributed by atoms with E-state index in [9.17, 15) is 22.8 Å². The van der Waals surface area contributed by atoms with Gasteiger partial charge in [0.25, 0.3) is 0 Å². The maximum atomic E-state index is 12.5. The van der Waals surface area contributed by atoms with Crippen molar-refractivity contribution in [3.8, 4) is 0 Å². The van der Waals surface area contributed by atoms with Crippen molar-refractivity contribution in [2.24, 2.45) is 0 Å². The number of carbonyl (C=O) groups is 3. The average Bonchev–Trinajstić information content (AvgIpc) is 2.92. The largest absolute Gasteiger partial charge is 0.465 e. The topological polar surface area (TPSA) is 134 Å². The summed E-state index contributed by atoms with van der Waals surface area (Å²) in [6.45, 7) is 4.68. The van der Waals surface area contributed by atoms with Crippen molar-refractivity contribution in [2.75, 3.05) is 23.4 Å². The number of benzene rings is 1. The van der Waals surface area contributed by atoms with Crippen LogP contribution in [0.4, 0.5) is 11.4 Å². The molecular weight excluding hydrogens is 398 g/mol. The number of hydrogen-bond donors (Lipinski definition) is 3. The summed E-state index contributed by atoms with van der Waals surface area (Å²) >= 11 is 0. The highest BCUT2D eigenvalue weighted by atomic mass is 32.2. The van der Waals surface area contributed by atoms with Gasteiger partial charge in [0.2, 0.25) is 15.9 Å². The molecule has 0 saturated carbocycles. The number of rotatable bonds is 7. The average molecular weight is 421 g/mol. The molecule has 10 heteroatoms. The lowest BCUT2D eigenvalue weighted by atomic mass is 10.1. The molecule has 0 bridgehead atoms. The summed E-state index contributed by atoms with van der Waals surface area (Å²) in [6, 6.07) is 4.79. The molecule has 0 unspecified atom stereocenters. The van der Waals surface area contributed by atoms with Gasteiger partial charge in [-0.25, -0.2) is 13.2 Å². The fourth-order valence-corrected chi connectivity index (χ4v) is 3.52. The predicted octanol–water partition coefficient (Wildman–Crippen LogP) is 2.17. The standard InChI is InChI=1S/C19H23N3O6S/c1-10-6-7-13(8-14(10)22-29(5,26)27)20-16(24)9-15-17(19(25)28-4)11(2)18(21-15)12(3)23/h6-8,21-22H,9H2,1-5H3,(H,20,24). The Morgan fingerprint density at radius 2 is 1.83 bits per heavy atom. The van der Waals surface area contributed by atoms with Gasteiger partial charge < -0.3 is 15.0 Å². The number of ether oxygens (including phenoxy) is 1. The van der Waals surface area contributed by atoms with Gasteiger partial charge >= 0.3 is 5.97 Å². The molecule has 0 fully saturated rings. The minimum Gasteiger partial charge on any atom is -0.465 e. The number of hydrogen-bond acceptors (Lipinski definition) is 6. The van der Waals surface area contributed by atoms with Gasteiger partial charge in [-0.2, -0.15) is 0 Å². The van der Waals surface area contributed by atoms with Crippen LogP contribution in [0.2, 0.25) is 0 Å². The van der Waals surface area contributed by atoms with Crippen molar-refractivity contribution >= 4 is 39.1 Å². The monoisotopic (exact) mass is 421 g/mol. The van der Waals surface area contributed by atoms with E-state index < -0.39 is 21.9 Å². The third kappa shape index (κ3) is 5.44. The molecule has 0 atom stereocenters. The van der Waals surface area contributed by atoms with E-state index in [-0.39, 0.29) is 29.2 Å². The molecule has 1 aromatic carbocycles. The van der Waals surface area contributed by atoms with Crippen molar-refractivity contribution in [1.29, 1.82) is 0 Å². The van der Waals surface area contributed by atoms with Crippen LogP contribution in [0.5, 0.6) is 0 Å². The molecule has 29 heavy (non-hydrogen) atoms. The van der Waals surface area contributed by atoms with E-state index in [1.165, 1.54) is 20.1 Å². The molecule has 1 heterocycles. The fraction of sp³-hybridized carbons (Fsp3) is 0.316. The maximum absolute atomic E-state index is 12.5. The maximum Gasteiger partial charge on any atom is 0.339 e. The van der Waals surface area contributed by atoms with Gasteiger partial charge in [0.15, 0.2) is 5.78 Å². The minimum absolute atomic E-state index is 0.149. The minimum atomic E-state index is -3.47. The first-order valence-electron chi connectivity index (χ1n) is 8.62. The van der Waals surface area contributed by atoms with E-state index in [4.69, 9.17) is 4.74 Å². The molecule has 0 aliphatic carbocycles. The van der Waals surface area contributed by atoms with Gasteiger partial charge in [-0.05, 0) is 37.1 Å². The zero-order valence-corrected chi connectivity index (χ0v) is 17.6. The van der Waals surface area contributed by atoms with Gasteiger partial charge in [0.1, 0.15) is 0 Å². The van der Waals surface area contributed by atoms with Crippen molar-refractivity contribution < 1.29 is 27.5 Å². The van der Waals surface area contributed by atoms with E-state index in [1.807, 2.05) is 0 Å². The number of esters is 1. The highest BCUT2D eigenvalue weighted by molar-refractivity contribution is 7.92. The van der Waals surface area contributed by atoms with Crippen LogP contribution in [0.1, 0.15) is 44.6 Å². The van der Waals surface area contributed by atoms with Crippen LogP contribution >= 0.6 is 0 Å². The Kier molecular flexibility index (Phi) is 6.48. The van der Waals surface area contributed by atoms with Crippen LogP contribution < -0.4 is 10.0 Å². The zero-order chi connectivity index (χ0) is 21.9. The lowest BCUT2D eigenvalue weighted by Gasteiger charge is -2.11. The van der Waals surface area contributed by atoms with E-state index >= 15 is 0 Å². The molecule has 3 N–H and O–H groups in total. The molecule has 0 radical (unpaired) electrons. The quantitative estimate of drug-likeness (QED) is 0.463. The molecule has 9 nitrogen and oxygen atoms in total. The Hall–Kier alpha value is -3.14. The number of Topliss-reactive ketones (excluding diaryl/α,β-unsaturated/α-hetero) is 1. The number of H-pyrrole nitrogens is 1. The van der Waals surface area contributed by atoms with Crippen molar-refractivity contribution in [2.45, 2.75) is 27.2 Å². The van der Waals surface area contributed by atoms with Gasteiger partial charge in [-0.1, -0.05) is 6.07 Å². The smallest absolute Gasteiger partial charge is 0.339 e. The number of aromatic amines is 1. The second-order valence-corrected chi connectivity index (χ2v) is 8.40. The zero-order valence-electron chi connectivity index (χ0n) is 16.8. The van der Waals surface area contributed by atoms with Crippen molar-refractivity contribution in [1.82, 2.24) is 4.98 Å². The normalized spacial score (nSPS) is 11.1. The lowest BCUT2D eigenvalue weighted by molar-refractivity contribution is -0.115. The summed E-state index contributed by atoms with van der Waals surface area (Å²) in [7, 11) is -2.26. The van der Waals surface area contributed by atoms with Crippen LogP contribution in [0.25, 0.3) is 0 Å². The van der Waals surface area contributed by atoms with E-state index in [1.54, 1.807) is 26.0 Å². The summed E-state index contributed by atoms with van der Waals surface area (Å²) in [5.41, 5.74) is 2.48. The van der Waals surface area contributed by atoms with Crippen LogP contribution in [0.15, 0.2) is 18.2 Å². The second kappa shape index (κ2) is 8.48. The number of carbonyl (C=O) groups excluding carboxylic acids is 3. The molecule has 0 aliphatic rings. The highest BCUT2D eigenvalue weighted by Crippen LogP contribution is 2.23. The number of methoxy groups -OCH3 is 1. The number of aryl methyl sites for hydroxylation is 1. The first kappa shape index (κ1) is 22.2. The predicted molar refractivity (Wildman–Crippen MR) is 109 cm³/mol. The SMILES string of the molecule is COC(=O)c1c(CC(=O)Nc2ccc(C)c(NS(C)(=O)=O)c2)[nH]c(C(C)=O)c1C. The molecule has 1 aromatic heterocycles. The third-order valence-corrected chi connectivity index (χ3v) is 4.81.